The Morgan fingerprint density at radius 2 is 1.90 bits per heavy atom. The van der Waals surface area contributed by atoms with E-state index in [4.69, 9.17) is 4.74 Å². The lowest BCUT2D eigenvalue weighted by Crippen LogP contribution is -2.24. The van der Waals surface area contributed by atoms with E-state index in [1.54, 1.807) is 7.11 Å². The number of hydrogen-bond acceptors (Lipinski definition) is 5. The number of carbonyl (C=O) groups excluding carboxylic acids is 1. The quantitative estimate of drug-likeness (QED) is 0.492. The minimum atomic E-state index is -0.0404. The number of aromatic nitrogens is 3. The van der Waals surface area contributed by atoms with Gasteiger partial charge in [-0.2, -0.15) is 0 Å². The van der Waals surface area contributed by atoms with E-state index in [2.05, 4.69) is 22.4 Å². The number of pyridine rings is 1. The summed E-state index contributed by atoms with van der Waals surface area (Å²) in [5, 5.41) is 13.3. The van der Waals surface area contributed by atoms with Crippen LogP contribution in [-0.4, -0.2) is 33.4 Å². The van der Waals surface area contributed by atoms with Crippen LogP contribution in [0.3, 0.4) is 0 Å². The zero-order chi connectivity index (χ0) is 20.4. The maximum atomic E-state index is 12.3. The predicted octanol–water partition coefficient (Wildman–Crippen LogP) is 3.92. The Labute approximate surface area is 173 Å². The first-order chi connectivity index (χ1) is 14.0. The summed E-state index contributed by atoms with van der Waals surface area (Å²) in [5.41, 5.74) is 5.12. The largest absolute Gasteiger partial charge is 0.497 e. The average molecular weight is 407 g/mol. The molecule has 6 nitrogen and oxygen atoms in total. The molecule has 7 heteroatoms. The maximum absolute atomic E-state index is 12.3. The number of nitrogens with zero attached hydrogens (tertiary/aromatic N) is 3. The van der Waals surface area contributed by atoms with Gasteiger partial charge in [-0.1, -0.05) is 41.6 Å². The molecule has 0 bridgehead atoms. The number of rotatable bonds is 6. The summed E-state index contributed by atoms with van der Waals surface area (Å²) in [6.45, 7) is 4.61. The molecular formula is C22H22N4O2S. The fraction of sp³-hybridized carbons (Fsp3) is 0.227. The summed E-state index contributed by atoms with van der Waals surface area (Å²) < 4.78 is 7.36. The summed E-state index contributed by atoms with van der Waals surface area (Å²) in [6.07, 6.45) is 0. The van der Waals surface area contributed by atoms with Crippen LogP contribution in [0.2, 0.25) is 0 Å². The number of aryl methyl sites for hydroxylation is 2. The van der Waals surface area contributed by atoms with Crippen LogP contribution < -0.4 is 10.1 Å². The van der Waals surface area contributed by atoms with Crippen molar-refractivity contribution in [1.29, 1.82) is 0 Å². The Kier molecular flexibility index (Phi) is 5.40. The summed E-state index contributed by atoms with van der Waals surface area (Å²) in [7, 11) is 1.65. The number of carbonyl (C=O) groups is 1. The van der Waals surface area contributed by atoms with Gasteiger partial charge in [-0.15, -0.1) is 10.2 Å². The number of methoxy groups -OCH3 is 1. The first-order valence-electron chi connectivity index (χ1n) is 9.32. The molecule has 0 aliphatic carbocycles. The van der Waals surface area contributed by atoms with Crippen LogP contribution in [0, 0.1) is 13.8 Å². The first kappa shape index (κ1) is 19.3. The van der Waals surface area contributed by atoms with Gasteiger partial charge in [0.05, 0.1) is 18.4 Å². The van der Waals surface area contributed by atoms with Gasteiger partial charge in [0, 0.05) is 18.0 Å². The van der Waals surface area contributed by atoms with Gasteiger partial charge >= 0.3 is 0 Å². The molecular weight excluding hydrogens is 384 g/mol. The molecule has 2 heterocycles. The van der Waals surface area contributed by atoms with Gasteiger partial charge in [-0.25, -0.2) is 0 Å². The number of hydrogen-bond donors (Lipinski definition) is 1. The lowest BCUT2D eigenvalue weighted by atomic mass is 10.1. The normalized spacial score (nSPS) is 11.1. The van der Waals surface area contributed by atoms with Gasteiger partial charge < -0.3 is 10.1 Å². The number of nitrogens with one attached hydrogen (secondary N) is 1. The van der Waals surface area contributed by atoms with Crippen molar-refractivity contribution in [3.8, 4) is 5.75 Å². The molecule has 1 N–H and O–H groups in total. The molecule has 1 amide bonds. The predicted molar refractivity (Wildman–Crippen MR) is 116 cm³/mol. The van der Waals surface area contributed by atoms with Crippen LogP contribution in [0.4, 0.5) is 0 Å². The number of ether oxygens (including phenoxy) is 1. The highest BCUT2D eigenvalue weighted by atomic mass is 32.2. The third-order valence-electron chi connectivity index (χ3n) is 4.82. The minimum absolute atomic E-state index is 0.0404. The van der Waals surface area contributed by atoms with Crippen molar-refractivity contribution in [3.05, 3.63) is 65.2 Å². The van der Waals surface area contributed by atoms with Crippen LogP contribution in [-0.2, 0) is 11.3 Å². The Balaban J connectivity index is 1.52. The van der Waals surface area contributed by atoms with Crippen molar-refractivity contribution in [1.82, 2.24) is 19.9 Å². The van der Waals surface area contributed by atoms with Gasteiger partial charge in [0.2, 0.25) is 5.91 Å². The number of benzene rings is 2. The van der Waals surface area contributed by atoms with Crippen LogP contribution in [0.5, 0.6) is 5.75 Å². The van der Waals surface area contributed by atoms with E-state index in [-0.39, 0.29) is 11.7 Å². The molecule has 2 aromatic carbocycles. The van der Waals surface area contributed by atoms with E-state index in [1.165, 1.54) is 17.3 Å². The Morgan fingerprint density at radius 3 is 2.66 bits per heavy atom. The van der Waals surface area contributed by atoms with E-state index in [0.29, 0.717) is 11.7 Å². The molecule has 0 aliphatic rings. The van der Waals surface area contributed by atoms with Crippen molar-refractivity contribution in [2.75, 3.05) is 12.9 Å². The van der Waals surface area contributed by atoms with Gasteiger partial charge in [0.25, 0.3) is 0 Å². The van der Waals surface area contributed by atoms with Crippen molar-refractivity contribution < 1.29 is 9.53 Å². The summed E-state index contributed by atoms with van der Waals surface area (Å²) in [5.74, 6) is 0.998. The SMILES string of the molecule is COc1ccc2c(C)cc3nnc(SCC(=O)NCc4ccc(C)cc4)n3c2c1. The van der Waals surface area contributed by atoms with Crippen molar-refractivity contribution in [2.24, 2.45) is 0 Å². The zero-order valence-corrected chi connectivity index (χ0v) is 17.4. The minimum Gasteiger partial charge on any atom is -0.497 e. The summed E-state index contributed by atoms with van der Waals surface area (Å²) in [6, 6.07) is 16.1. The van der Waals surface area contributed by atoms with Gasteiger partial charge in [0.1, 0.15) is 5.75 Å². The van der Waals surface area contributed by atoms with E-state index in [1.807, 2.05) is 59.9 Å². The molecule has 4 rings (SSSR count). The molecule has 0 aliphatic heterocycles. The summed E-state index contributed by atoms with van der Waals surface area (Å²) >= 11 is 1.37. The number of thioether (sulfide) groups is 1. The van der Waals surface area contributed by atoms with Crippen LogP contribution in [0.1, 0.15) is 16.7 Å². The van der Waals surface area contributed by atoms with E-state index in [9.17, 15) is 4.79 Å². The van der Waals surface area contributed by atoms with Crippen LogP contribution in [0.25, 0.3) is 16.6 Å². The molecule has 148 valence electrons. The molecule has 0 saturated heterocycles. The van der Waals surface area contributed by atoms with Gasteiger partial charge in [0.15, 0.2) is 10.8 Å². The summed E-state index contributed by atoms with van der Waals surface area (Å²) in [4.78, 5) is 12.3. The monoisotopic (exact) mass is 406 g/mol. The molecule has 0 atom stereocenters. The third kappa shape index (κ3) is 4.05. The molecule has 0 saturated carbocycles. The average Bonchev–Trinajstić information content (AvgIpc) is 3.14. The lowest BCUT2D eigenvalue weighted by Gasteiger charge is -2.09. The van der Waals surface area contributed by atoms with Crippen LogP contribution in [0.15, 0.2) is 53.7 Å². The second kappa shape index (κ2) is 8.13. The highest BCUT2D eigenvalue weighted by Crippen LogP contribution is 2.28. The molecule has 0 unspecified atom stereocenters. The lowest BCUT2D eigenvalue weighted by molar-refractivity contribution is -0.118. The number of amides is 1. The molecule has 2 aromatic heterocycles. The van der Waals surface area contributed by atoms with Crippen molar-refractivity contribution >= 4 is 34.2 Å². The maximum Gasteiger partial charge on any atom is 0.230 e. The fourth-order valence-electron chi connectivity index (χ4n) is 3.21. The van der Waals surface area contributed by atoms with E-state index >= 15 is 0 Å². The molecule has 0 fully saturated rings. The Morgan fingerprint density at radius 1 is 1.10 bits per heavy atom. The van der Waals surface area contributed by atoms with E-state index in [0.717, 1.165) is 33.4 Å². The molecule has 4 aromatic rings. The van der Waals surface area contributed by atoms with Gasteiger partial charge in [-0.05, 0) is 43.2 Å². The van der Waals surface area contributed by atoms with Crippen molar-refractivity contribution in [2.45, 2.75) is 25.5 Å². The van der Waals surface area contributed by atoms with Crippen LogP contribution >= 0.6 is 11.8 Å². The Bertz CT molecular complexity index is 1190. The standard InChI is InChI=1S/C22H22N4O2S/c1-14-4-6-16(7-5-14)12-23-21(27)13-29-22-25-24-20-10-15(2)18-9-8-17(28-3)11-19(18)26(20)22/h4-11H,12-13H2,1-3H3,(H,23,27). The van der Waals surface area contributed by atoms with Crippen molar-refractivity contribution in [3.63, 3.8) is 0 Å². The highest BCUT2D eigenvalue weighted by Gasteiger charge is 2.14. The molecule has 0 radical (unpaired) electrons. The fourth-order valence-corrected chi connectivity index (χ4v) is 3.99. The number of fused-ring (bicyclic) bond motifs is 3. The van der Waals surface area contributed by atoms with Gasteiger partial charge in [-0.3, -0.25) is 9.20 Å². The smallest absolute Gasteiger partial charge is 0.230 e. The first-order valence-corrected chi connectivity index (χ1v) is 10.3. The second-order valence-electron chi connectivity index (χ2n) is 6.94. The molecule has 29 heavy (non-hydrogen) atoms. The van der Waals surface area contributed by atoms with E-state index < -0.39 is 0 Å². The molecule has 0 spiro atoms. The third-order valence-corrected chi connectivity index (χ3v) is 5.75. The Hall–Kier alpha value is -3.06. The highest BCUT2D eigenvalue weighted by molar-refractivity contribution is 7.99. The second-order valence-corrected chi connectivity index (χ2v) is 7.88. The topological polar surface area (TPSA) is 68.5 Å². The zero-order valence-electron chi connectivity index (χ0n) is 16.6.